The van der Waals surface area contributed by atoms with Gasteiger partial charge in [-0.25, -0.2) is 23.0 Å². The topological polar surface area (TPSA) is 74.6 Å². The normalized spacial score (nSPS) is 21.0. The lowest BCUT2D eigenvalue weighted by atomic mass is 9.96. The minimum Gasteiger partial charge on any atom is -0.380 e. The summed E-state index contributed by atoms with van der Waals surface area (Å²) in [5.74, 6) is -4.40. The minimum absolute atomic E-state index is 0.0162. The van der Waals surface area contributed by atoms with Crippen molar-refractivity contribution in [3.63, 3.8) is 0 Å². The molecule has 0 fully saturated rings. The molecule has 2 rings (SSSR count). The zero-order valence-corrected chi connectivity index (χ0v) is 21.6. The molecule has 1 aliphatic rings. The van der Waals surface area contributed by atoms with Gasteiger partial charge in [-0.15, -0.1) is 13.2 Å². The average Bonchev–Trinajstić information content (AvgIpc) is 2.82. The van der Waals surface area contributed by atoms with E-state index in [2.05, 4.69) is 40.5 Å². The Morgan fingerprint density at radius 1 is 1.18 bits per heavy atom. The summed E-state index contributed by atoms with van der Waals surface area (Å²) in [5, 5.41) is 6.64. The lowest BCUT2D eigenvalue weighted by molar-refractivity contribution is -0.326. The van der Waals surface area contributed by atoms with Gasteiger partial charge in [0, 0.05) is 55.5 Å². The van der Waals surface area contributed by atoms with Crippen molar-refractivity contribution in [3.8, 4) is 0 Å². The molecule has 6 nitrogen and oxygen atoms in total. The second kappa shape index (κ2) is 13.7. The van der Waals surface area contributed by atoms with Gasteiger partial charge >= 0.3 is 6.36 Å². The van der Waals surface area contributed by atoms with Gasteiger partial charge in [-0.3, -0.25) is 9.75 Å². The summed E-state index contributed by atoms with van der Waals surface area (Å²) in [6.07, 6.45) is -3.35. The van der Waals surface area contributed by atoms with Crippen molar-refractivity contribution in [1.82, 2.24) is 15.8 Å². The van der Waals surface area contributed by atoms with Crippen LogP contribution in [-0.4, -0.2) is 43.7 Å². The predicted molar refractivity (Wildman–Crippen MR) is 136 cm³/mol. The van der Waals surface area contributed by atoms with Crippen molar-refractivity contribution in [1.29, 1.82) is 0 Å². The van der Waals surface area contributed by atoms with Gasteiger partial charge in [0.1, 0.15) is 23.2 Å². The van der Waals surface area contributed by atoms with Crippen LogP contribution in [0.2, 0.25) is 0 Å². The molecule has 1 aromatic carbocycles. The fourth-order valence-corrected chi connectivity index (χ4v) is 3.61. The number of nitrogens with two attached hydrogens (primary N) is 1. The number of hydrogen-bond acceptors (Lipinski definition) is 6. The maximum atomic E-state index is 15.0. The molecule has 1 heterocycles. The lowest BCUT2D eigenvalue weighted by Crippen LogP contribution is -2.40. The van der Waals surface area contributed by atoms with E-state index < -0.39 is 54.0 Å². The van der Waals surface area contributed by atoms with Crippen LogP contribution < -0.4 is 21.8 Å². The largest absolute Gasteiger partial charge is 0.522 e. The van der Waals surface area contributed by atoms with E-state index in [1.165, 1.54) is 12.1 Å². The Morgan fingerprint density at radius 3 is 2.36 bits per heavy atom. The molecule has 1 aromatic rings. The molecule has 2 unspecified atom stereocenters. The monoisotopic (exact) mass is 563 g/mol. The number of halogens is 7. The Hall–Kier alpha value is -3.29. The molecule has 216 valence electrons. The van der Waals surface area contributed by atoms with Gasteiger partial charge in [-0.1, -0.05) is 26.7 Å². The van der Waals surface area contributed by atoms with Crippen LogP contribution >= 0.6 is 0 Å². The molecule has 5 N–H and O–H groups in total. The summed E-state index contributed by atoms with van der Waals surface area (Å²) in [7, 11) is 1.48. The summed E-state index contributed by atoms with van der Waals surface area (Å²) in [5.41, 5.74) is 8.33. The van der Waals surface area contributed by atoms with Crippen LogP contribution in [0.5, 0.6) is 0 Å². The van der Waals surface area contributed by atoms with Crippen LogP contribution in [0.25, 0.3) is 0 Å². The quantitative estimate of drug-likeness (QED) is 0.217. The minimum atomic E-state index is -4.83. The highest BCUT2D eigenvalue weighted by Crippen LogP contribution is 2.31. The first-order chi connectivity index (χ1) is 18.1. The molecule has 0 bridgehead atoms. The zero-order valence-electron chi connectivity index (χ0n) is 21.6. The molecule has 13 heteroatoms. The maximum Gasteiger partial charge on any atom is 0.522 e. The van der Waals surface area contributed by atoms with Gasteiger partial charge in [0.15, 0.2) is 11.6 Å². The second-order valence-electron chi connectivity index (χ2n) is 8.88. The first-order valence-corrected chi connectivity index (χ1v) is 11.9. The summed E-state index contributed by atoms with van der Waals surface area (Å²) in [6.45, 7) is 12.8. The van der Waals surface area contributed by atoms with Gasteiger partial charge in [0.25, 0.3) is 0 Å². The molecule has 0 radical (unpaired) electrons. The van der Waals surface area contributed by atoms with Crippen LogP contribution in [0.1, 0.15) is 26.2 Å². The molecule has 39 heavy (non-hydrogen) atoms. The van der Waals surface area contributed by atoms with Crippen LogP contribution in [0, 0.1) is 17.5 Å². The van der Waals surface area contributed by atoms with Crippen molar-refractivity contribution >= 4 is 5.69 Å². The molecule has 1 aliphatic heterocycles. The summed E-state index contributed by atoms with van der Waals surface area (Å²) >= 11 is 0. The average molecular weight is 564 g/mol. The number of hydrazine groups is 1. The number of rotatable bonds is 10. The van der Waals surface area contributed by atoms with Crippen LogP contribution in [0.15, 0.2) is 72.0 Å². The van der Waals surface area contributed by atoms with Crippen molar-refractivity contribution in [2.45, 2.75) is 44.6 Å². The molecular weight excluding hydrogens is 531 g/mol. The number of ether oxygens (including phenoxy) is 1. The van der Waals surface area contributed by atoms with Gasteiger partial charge in [-0.05, 0) is 30.1 Å². The van der Waals surface area contributed by atoms with Crippen molar-refractivity contribution in [3.05, 3.63) is 89.5 Å². The van der Waals surface area contributed by atoms with Gasteiger partial charge in [0.05, 0.1) is 6.61 Å². The number of nitrogens with one attached hydrogen (secondary N) is 3. The number of allylic oxidation sites excluding steroid dienone is 3. The SMILES string of the molecule is C=C(NC(CC)COC(F)(F)F)C(=C)C(=C)C1=C(\Nc2c(F)cc(F)cc2F)N(C)NCCC(N)C/C(F)=C\1. The molecule has 0 amide bonds. The fraction of sp³-hybridized carbons (Fsp3) is 0.385. The summed E-state index contributed by atoms with van der Waals surface area (Å²) in [6, 6.07) is -0.405. The third kappa shape index (κ3) is 9.44. The van der Waals surface area contributed by atoms with Gasteiger partial charge in [-0.2, -0.15) is 0 Å². The smallest absolute Gasteiger partial charge is 0.380 e. The van der Waals surface area contributed by atoms with Crippen LogP contribution in [-0.2, 0) is 4.74 Å². The lowest BCUT2D eigenvalue weighted by Gasteiger charge is -2.30. The molecule has 2 atom stereocenters. The third-order valence-corrected chi connectivity index (χ3v) is 5.84. The molecule has 0 aliphatic carbocycles. The standard InChI is InChI=1S/C26H32F7N5O/c1-6-20(13-39-26(31,32)33)36-16(4)14(2)15(3)21-10-17(27)9-19(34)7-8-35-38(5)25(21)37-24-22(29)11-18(28)12-23(24)30/h10-12,19-20,35-37H,2-4,6-9,13,34H2,1,5H3/b17-10+,25-21+. The van der Waals surface area contributed by atoms with E-state index in [4.69, 9.17) is 5.73 Å². The number of anilines is 1. The Bertz CT molecular complexity index is 1120. The molecule has 0 aromatic heterocycles. The predicted octanol–water partition coefficient (Wildman–Crippen LogP) is 5.67. The first kappa shape index (κ1) is 31.9. The highest BCUT2D eigenvalue weighted by Gasteiger charge is 2.30. The Morgan fingerprint density at radius 2 is 1.79 bits per heavy atom. The van der Waals surface area contributed by atoms with E-state index in [9.17, 15) is 26.3 Å². The van der Waals surface area contributed by atoms with Gasteiger partial charge < -0.3 is 16.4 Å². The number of hydrogen-bond donors (Lipinski definition) is 4. The fourth-order valence-electron chi connectivity index (χ4n) is 3.61. The van der Waals surface area contributed by atoms with E-state index in [-0.39, 0.29) is 47.6 Å². The van der Waals surface area contributed by atoms with Crippen molar-refractivity contribution in [2.24, 2.45) is 5.73 Å². The van der Waals surface area contributed by atoms with E-state index in [1.807, 2.05) is 0 Å². The highest BCUT2D eigenvalue weighted by molar-refractivity contribution is 5.61. The third-order valence-electron chi connectivity index (χ3n) is 5.84. The van der Waals surface area contributed by atoms with Crippen LogP contribution in [0.4, 0.5) is 36.4 Å². The molecule has 0 saturated carbocycles. The molecule has 0 saturated heterocycles. The Kier molecular flexibility index (Phi) is 11.2. The molecular formula is C26H32F7N5O. The molecule has 0 spiro atoms. The first-order valence-electron chi connectivity index (χ1n) is 11.9. The van der Waals surface area contributed by atoms with E-state index >= 15 is 4.39 Å². The Balaban J connectivity index is 2.52. The van der Waals surface area contributed by atoms with E-state index in [0.29, 0.717) is 18.6 Å². The van der Waals surface area contributed by atoms with Crippen LogP contribution in [0.3, 0.4) is 0 Å². The number of nitrogens with zero attached hydrogens (tertiary/aromatic N) is 1. The van der Waals surface area contributed by atoms with Crippen molar-refractivity contribution < 1.29 is 35.5 Å². The maximum absolute atomic E-state index is 15.0. The zero-order chi connectivity index (χ0) is 29.5. The number of alkyl halides is 3. The van der Waals surface area contributed by atoms with E-state index in [0.717, 1.165) is 6.08 Å². The van der Waals surface area contributed by atoms with Gasteiger partial charge in [0.2, 0.25) is 0 Å². The summed E-state index contributed by atoms with van der Waals surface area (Å²) in [4.78, 5) is 0. The summed E-state index contributed by atoms with van der Waals surface area (Å²) < 4.78 is 99.0. The second-order valence-corrected chi connectivity index (χ2v) is 8.88. The Labute approximate surface area is 222 Å². The number of benzene rings is 1. The van der Waals surface area contributed by atoms with E-state index in [1.54, 1.807) is 6.92 Å². The highest BCUT2D eigenvalue weighted by atomic mass is 19.4. The van der Waals surface area contributed by atoms with Crippen molar-refractivity contribution in [2.75, 3.05) is 25.5 Å².